The summed E-state index contributed by atoms with van der Waals surface area (Å²) in [6.07, 6.45) is 0. The number of anilines is 1. The maximum Gasteiger partial charge on any atom is 0.450 e. The van der Waals surface area contributed by atoms with Gasteiger partial charge in [0.15, 0.2) is 11.5 Å². The van der Waals surface area contributed by atoms with Crippen molar-refractivity contribution in [2.75, 3.05) is 12.8 Å². The van der Waals surface area contributed by atoms with Crippen LogP contribution in [-0.4, -0.2) is 25.5 Å². The van der Waals surface area contributed by atoms with Crippen LogP contribution in [0.15, 0.2) is 0 Å². The molecule has 0 aliphatic heterocycles. The highest BCUT2D eigenvalue weighted by Crippen LogP contribution is 2.18. The van der Waals surface area contributed by atoms with E-state index in [1.54, 1.807) is 6.07 Å². The lowest BCUT2D eigenvalue weighted by molar-refractivity contribution is 0.326. The maximum absolute atomic E-state index is 11.0. The molecule has 0 fully saturated rings. The Kier molecular flexibility index (Phi) is 3.43. The van der Waals surface area contributed by atoms with Gasteiger partial charge in [0.25, 0.3) is 5.88 Å². The fraction of sp³-hybridized carbons (Fsp3) is 0.143. The van der Waals surface area contributed by atoms with Gasteiger partial charge in [-0.25, -0.2) is 9.17 Å². The van der Waals surface area contributed by atoms with Crippen molar-refractivity contribution >= 4 is 16.2 Å². The quantitative estimate of drug-likeness (QED) is 0.721. The van der Waals surface area contributed by atoms with Crippen molar-refractivity contribution in [1.29, 1.82) is 10.5 Å². The molecule has 0 saturated heterocycles. The largest absolute Gasteiger partial charge is 0.450 e. The van der Waals surface area contributed by atoms with Crippen molar-refractivity contribution in [1.82, 2.24) is 9.97 Å². The number of nitrogens with two attached hydrogens (primary N) is 1. The van der Waals surface area contributed by atoms with Gasteiger partial charge in [-0.2, -0.15) is 23.9 Å². The van der Waals surface area contributed by atoms with Gasteiger partial charge in [0, 0.05) is 0 Å². The molecule has 2 N–H and O–H groups in total. The number of aromatic nitrogens is 2. The highest BCUT2D eigenvalue weighted by molar-refractivity contribution is 7.82. The van der Waals surface area contributed by atoms with Gasteiger partial charge < -0.3 is 9.92 Å². The van der Waals surface area contributed by atoms with Gasteiger partial charge in [-0.3, -0.25) is 0 Å². The molecule has 0 spiro atoms. The lowest BCUT2D eigenvalue weighted by Crippen LogP contribution is -2.14. The molecule has 17 heavy (non-hydrogen) atoms. The summed E-state index contributed by atoms with van der Waals surface area (Å²) in [5, 5.41) is 17.3. The highest BCUT2D eigenvalue weighted by Gasteiger charge is 2.19. The van der Waals surface area contributed by atoms with E-state index in [1.165, 1.54) is 6.07 Å². The van der Waals surface area contributed by atoms with Gasteiger partial charge in [-0.15, -0.1) is 0 Å². The number of nitrogens with zero attached hydrogens (tertiary/aromatic N) is 4. The molecule has 0 bridgehead atoms. The van der Waals surface area contributed by atoms with E-state index in [9.17, 15) is 8.42 Å². The lowest BCUT2D eigenvalue weighted by atomic mass is 10.4. The Morgan fingerprint density at radius 1 is 1.24 bits per heavy atom. The summed E-state index contributed by atoms with van der Waals surface area (Å²) in [5.41, 5.74) is 4.50. The third-order valence-electron chi connectivity index (χ3n) is 1.49. The van der Waals surface area contributed by atoms with Crippen LogP contribution in [0.2, 0.25) is 0 Å². The van der Waals surface area contributed by atoms with E-state index < -0.39 is 22.0 Å². The van der Waals surface area contributed by atoms with Crippen molar-refractivity contribution in [3.63, 3.8) is 0 Å². The number of hydrogen-bond donors (Lipinski definition) is 1. The first kappa shape index (κ1) is 12.6. The van der Waals surface area contributed by atoms with Crippen LogP contribution >= 0.6 is 0 Å². The van der Waals surface area contributed by atoms with Crippen molar-refractivity contribution in [3.05, 3.63) is 11.4 Å². The average molecular weight is 255 g/mol. The van der Waals surface area contributed by atoms with E-state index in [2.05, 4.69) is 18.3 Å². The van der Waals surface area contributed by atoms with Gasteiger partial charge in [0.1, 0.15) is 12.1 Å². The fourth-order valence-electron chi connectivity index (χ4n) is 0.776. The normalized spacial score (nSPS) is 10.3. The first-order chi connectivity index (χ1) is 7.93. The predicted octanol–water partition coefficient (Wildman–Crippen LogP) is -0.928. The van der Waals surface area contributed by atoms with Crippen LogP contribution in [0.4, 0.5) is 5.82 Å². The molecule has 0 aliphatic rings. The van der Waals surface area contributed by atoms with Gasteiger partial charge >= 0.3 is 10.4 Å². The van der Waals surface area contributed by atoms with E-state index in [0.717, 1.165) is 7.11 Å². The molecule has 0 aromatic carbocycles. The van der Waals surface area contributed by atoms with Gasteiger partial charge in [0.05, 0.1) is 7.11 Å². The molecule has 9 nitrogen and oxygen atoms in total. The topological polar surface area (TPSA) is 152 Å². The Balaban J connectivity index is 3.32. The lowest BCUT2D eigenvalue weighted by Gasteiger charge is -2.05. The summed E-state index contributed by atoms with van der Waals surface area (Å²) >= 11 is 0. The average Bonchev–Trinajstić information content (AvgIpc) is 2.29. The van der Waals surface area contributed by atoms with Gasteiger partial charge in [-0.1, -0.05) is 0 Å². The molecule has 1 aromatic rings. The van der Waals surface area contributed by atoms with E-state index in [-0.39, 0.29) is 11.5 Å². The Morgan fingerprint density at radius 2 is 1.82 bits per heavy atom. The van der Waals surface area contributed by atoms with Crippen molar-refractivity contribution in [3.8, 4) is 18.0 Å². The third kappa shape index (κ3) is 2.78. The Labute approximate surface area is 96.4 Å². The summed E-state index contributed by atoms with van der Waals surface area (Å²) in [6.45, 7) is 0. The molecule has 0 radical (unpaired) electrons. The maximum atomic E-state index is 11.0. The second-order valence-electron chi connectivity index (χ2n) is 2.49. The minimum Gasteiger partial charge on any atom is -0.381 e. The minimum absolute atomic E-state index is 0.302. The predicted molar refractivity (Wildman–Crippen MR) is 52.4 cm³/mol. The monoisotopic (exact) mass is 255 g/mol. The third-order valence-corrected chi connectivity index (χ3v) is 2.26. The van der Waals surface area contributed by atoms with E-state index in [1.807, 2.05) is 0 Å². The van der Waals surface area contributed by atoms with Crippen LogP contribution in [0.25, 0.3) is 0 Å². The Hall–Kier alpha value is -2.43. The molecule has 0 amide bonds. The minimum atomic E-state index is -4.33. The fourth-order valence-corrected chi connectivity index (χ4v) is 1.15. The standard InChI is InChI=1S/C7H5N5O4S/c1-15-17(13,14)16-7-5(3-9)11-4(2-8)6(10)12-7/h1H3,(H2,10,12). The summed E-state index contributed by atoms with van der Waals surface area (Å²) in [5.74, 6) is -1.00. The number of nitrogen functional groups attached to an aromatic ring is 1. The SMILES string of the molecule is COS(=O)(=O)Oc1nc(N)c(C#N)nc1C#N. The highest BCUT2D eigenvalue weighted by atomic mass is 32.3. The molecular formula is C7H5N5O4S. The van der Waals surface area contributed by atoms with E-state index >= 15 is 0 Å². The van der Waals surface area contributed by atoms with E-state index in [0.29, 0.717) is 0 Å². The van der Waals surface area contributed by atoms with Crippen LogP contribution in [0.3, 0.4) is 0 Å². The van der Waals surface area contributed by atoms with Crippen LogP contribution in [0.1, 0.15) is 11.4 Å². The molecule has 0 saturated carbocycles. The second-order valence-corrected chi connectivity index (χ2v) is 3.81. The Bertz CT molecular complexity index is 627. The zero-order chi connectivity index (χ0) is 13.1. The van der Waals surface area contributed by atoms with E-state index in [4.69, 9.17) is 16.3 Å². The Morgan fingerprint density at radius 3 is 2.29 bits per heavy atom. The second kappa shape index (κ2) is 4.61. The van der Waals surface area contributed by atoms with Crippen LogP contribution in [0.5, 0.6) is 5.88 Å². The van der Waals surface area contributed by atoms with Gasteiger partial charge in [0.2, 0.25) is 5.69 Å². The van der Waals surface area contributed by atoms with Crippen LogP contribution < -0.4 is 9.92 Å². The van der Waals surface area contributed by atoms with Gasteiger partial charge in [-0.05, 0) is 0 Å². The molecule has 0 unspecified atom stereocenters. The molecule has 1 aromatic heterocycles. The summed E-state index contributed by atoms with van der Waals surface area (Å²) < 4.78 is 30.3. The van der Waals surface area contributed by atoms with Crippen LogP contribution in [-0.2, 0) is 14.6 Å². The first-order valence-electron chi connectivity index (χ1n) is 3.91. The van der Waals surface area contributed by atoms with Crippen LogP contribution in [0, 0.1) is 22.7 Å². The molecular weight excluding hydrogens is 250 g/mol. The smallest absolute Gasteiger partial charge is 0.381 e. The number of nitriles is 2. The van der Waals surface area contributed by atoms with Crippen molar-refractivity contribution in [2.24, 2.45) is 0 Å². The molecule has 1 rings (SSSR count). The summed E-state index contributed by atoms with van der Waals surface area (Å²) in [7, 11) is -3.47. The number of rotatable bonds is 3. The molecule has 0 atom stereocenters. The first-order valence-corrected chi connectivity index (χ1v) is 5.24. The summed E-state index contributed by atoms with van der Waals surface area (Å²) in [6, 6.07) is 3.11. The molecule has 0 aliphatic carbocycles. The zero-order valence-electron chi connectivity index (χ0n) is 8.41. The molecule has 1 heterocycles. The summed E-state index contributed by atoms with van der Waals surface area (Å²) in [4.78, 5) is 6.91. The zero-order valence-corrected chi connectivity index (χ0v) is 9.22. The van der Waals surface area contributed by atoms with Crippen molar-refractivity contribution in [2.45, 2.75) is 0 Å². The van der Waals surface area contributed by atoms with Crippen molar-refractivity contribution < 1.29 is 16.8 Å². The number of hydrogen-bond acceptors (Lipinski definition) is 9. The molecule has 88 valence electrons. The molecule has 10 heteroatoms.